The Labute approximate surface area is 83.7 Å². The van der Waals surface area contributed by atoms with Gasteiger partial charge in [-0.2, -0.15) is 0 Å². The van der Waals surface area contributed by atoms with E-state index in [4.69, 9.17) is 0 Å². The van der Waals surface area contributed by atoms with Crippen LogP contribution in [0.25, 0.3) is 0 Å². The van der Waals surface area contributed by atoms with Gasteiger partial charge in [-0.1, -0.05) is 13.0 Å². The summed E-state index contributed by atoms with van der Waals surface area (Å²) in [5.41, 5.74) is 1.04. The summed E-state index contributed by atoms with van der Waals surface area (Å²) in [6.45, 7) is 5.79. The zero-order valence-corrected chi connectivity index (χ0v) is 8.47. The zero-order valence-electron chi connectivity index (χ0n) is 8.47. The van der Waals surface area contributed by atoms with Crippen molar-refractivity contribution in [1.82, 2.24) is 15.6 Å². The second-order valence-corrected chi connectivity index (χ2v) is 3.09. The first kappa shape index (κ1) is 10.9. The molecular weight excluding hydrogens is 178 g/mol. The van der Waals surface area contributed by atoms with Crippen LogP contribution >= 0.6 is 0 Å². The maximum absolute atomic E-state index is 10.8. The first-order chi connectivity index (χ1) is 6.83. The Morgan fingerprint density at radius 2 is 2.07 bits per heavy atom. The van der Waals surface area contributed by atoms with Gasteiger partial charge in [0, 0.05) is 31.9 Å². The molecule has 0 saturated heterocycles. The number of likely N-dealkylation sites (N-methyl/N-ethyl adjacent to an activating group) is 1. The summed E-state index contributed by atoms with van der Waals surface area (Å²) in [5.74, 6) is 0. The fourth-order valence-electron chi connectivity index (χ4n) is 1.14. The van der Waals surface area contributed by atoms with Gasteiger partial charge < -0.3 is 15.6 Å². The average Bonchev–Trinajstić information content (AvgIpc) is 2.21. The quantitative estimate of drug-likeness (QED) is 0.563. The first-order valence-corrected chi connectivity index (χ1v) is 4.92. The van der Waals surface area contributed by atoms with Gasteiger partial charge in [0.2, 0.25) is 5.56 Å². The van der Waals surface area contributed by atoms with E-state index in [1.165, 1.54) is 0 Å². The fraction of sp³-hybridized carbons (Fsp3) is 0.500. The van der Waals surface area contributed by atoms with Gasteiger partial charge in [0.15, 0.2) is 0 Å². The summed E-state index contributed by atoms with van der Waals surface area (Å²) in [5, 5.41) is 6.49. The zero-order chi connectivity index (χ0) is 10.2. The predicted octanol–water partition coefficient (Wildman–Crippen LogP) is 0.0740. The Kier molecular flexibility index (Phi) is 4.96. The standard InChI is InChI=1S/C10H17N3O/c1-2-11-5-6-12-7-9-3-4-10(14)13-8-9/h3-4,8,11-12H,2,5-7H2,1H3,(H,13,14). The monoisotopic (exact) mass is 195 g/mol. The van der Waals surface area contributed by atoms with Crippen molar-refractivity contribution >= 4 is 0 Å². The Morgan fingerprint density at radius 1 is 1.29 bits per heavy atom. The van der Waals surface area contributed by atoms with Gasteiger partial charge in [-0.05, 0) is 12.1 Å². The lowest BCUT2D eigenvalue weighted by atomic mass is 10.3. The largest absolute Gasteiger partial charge is 0.329 e. The molecule has 4 heteroatoms. The topological polar surface area (TPSA) is 56.9 Å². The smallest absolute Gasteiger partial charge is 0.247 e. The van der Waals surface area contributed by atoms with Crippen LogP contribution in [-0.4, -0.2) is 24.6 Å². The van der Waals surface area contributed by atoms with Gasteiger partial charge >= 0.3 is 0 Å². The molecule has 0 atom stereocenters. The van der Waals surface area contributed by atoms with Crippen molar-refractivity contribution in [3.8, 4) is 0 Å². The molecule has 4 nitrogen and oxygen atoms in total. The minimum absolute atomic E-state index is 0.0543. The molecule has 0 aromatic carbocycles. The van der Waals surface area contributed by atoms with Gasteiger partial charge in [0.25, 0.3) is 0 Å². The van der Waals surface area contributed by atoms with Gasteiger partial charge in [0.1, 0.15) is 0 Å². The van der Waals surface area contributed by atoms with E-state index in [1.54, 1.807) is 12.3 Å². The second-order valence-electron chi connectivity index (χ2n) is 3.09. The van der Waals surface area contributed by atoms with Crippen LogP contribution in [0.4, 0.5) is 0 Å². The van der Waals surface area contributed by atoms with Crippen LogP contribution in [0, 0.1) is 0 Å². The van der Waals surface area contributed by atoms with Gasteiger partial charge in [-0.3, -0.25) is 4.79 Å². The Morgan fingerprint density at radius 3 is 2.71 bits per heavy atom. The average molecular weight is 195 g/mol. The number of pyridine rings is 1. The number of aromatic amines is 1. The normalized spacial score (nSPS) is 10.4. The summed E-state index contributed by atoms with van der Waals surface area (Å²) in [4.78, 5) is 13.4. The second kappa shape index (κ2) is 6.34. The van der Waals surface area contributed by atoms with Crippen molar-refractivity contribution in [2.75, 3.05) is 19.6 Å². The molecule has 1 rings (SSSR count). The van der Waals surface area contributed by atoms with Crippen LogP contribution in [0.1, 0.15) is 12.5 Å². The van der Waals surface area contributed by atoms with Crippen LogP contribution < -0.4 is 16.2 Å². The molecule has 0 aliphatic carbocycles. The summed E-state index contributed by atoms with van der Waals surface area (Å²) < 4.78 is 0. The third-order valence-electron chi connectivity index (χ3n) is 1.91. The summed E-state index contributed by atoms with van der Waals surface area (Å²) >= 11 is 0. The molecule has 3 N–H and O–H groups in total. The number of aromatic nitrogens is 1. The van der Waals surface area contributed by atoms with Crippen LogP contribution in [0.15, 0.2) is 23.1 Å². The van der Waals surface area contributed by atoms with Crippen molar-refractivity contribution in [3.63, 3.8) is 0 Å². The molecule has 1 aromatic rings. The number of hydrogen-bond acceptors (Lipinski definition) is 3. The van der Waals surface area contributed by atoms with Crippen LogP contribution in [0.3, 0.4) is 0 Å². The number of hydrogen-bond donors (Lipinski definition) is 3. The highest BCUT2D eigenvalue weighted by atomic mass is 16.1. The summed E-state index contributed by atoms with van der Waals surface area (Å²) in [6, 6.07) is 3.38. The third-order valence-corrected chi connectivity index (χ3v) is 1.91. The molecule has 0 bridgehead atoms. The summed E-state index contributed by atoms with van der Waals surface area (Å²) in [6.07, 6.45) is 1.74. The Hall–Kier alpha value is -1.13. The van der Waals surface area contributed by atoms with Crippen LogP contribution in [0.2, 0.25) is 0 Å². The van der Waals surface area contributed by atoms with Crippen molar-refractivity contribution in [2.24, 2.45) is 0 Å². The molecule has 1 heterocycles. The van der Waals surface area contributed by atoms with Gasteiger partial charge in [-0.25, -0.2) is 0 Å². The molecule has 0 unspecified atom stereocenters. The minimum Gasteiger partial charge on any atom is -0.329 e. The van der Waals surface area contributed by atoms with E-state index in [2.05, 4.69) is 22.5 Å². The van der Waals surface area contributed by atoms with Crippen molar-refractivity contribution < 1.29 is 0 Å². The molecular formula is C10H17N3O. The minimum atomic E-state index is -0.0543. The Bertz CT molecular complexity index is 288. The van der Waals surface area contributed by atoms with Gasteiger partial charge in [0.05, 0.1) is 0 Å². The van der Waals surface area contributed by atoms with Crippen molar-refractivity contribution in [3.05, 3.63) is 34.2 Å². The molecule has 14 heavy (non-hydrogen) atoms. The maximum Gasteiger partial charge on any atom is 0.247 e. The van der Waals surface area contributed by atoms with Crippen LogP contribution in [-0.2, 0) is 6.54 Å². The first-order valence-electron chi connectivity index (χ1n) is 4.92. The van der Waals surface area contributed by atoms with E-state index in [0.29, 0.717) is 0 Å². The fourth-order valence-corrected chi connectivity index (χ4v) is 1.14. The lowest BCUT2D eigenvalue weighted by molar-refractivity contribution is 0.624. The third kappa shape index (κ3) is 4.20. The molecule has 1 aromatic heterocycles. The number of nitrogens with one attached hydrogen (secondary N) is 3. The van der Waals surface area contributed by atoms with Gasteiger partial charge in [-0.15, -0.1) is 0 Å². The molecule has 78 valence electrons. The van der Waals surface area contributed by atoms with E-state index < -0.39 is 0 Å². The van der Waals surface area contributed by atoms with E-state index >= 15 is 0 Å². The van der Waals surface area contributed by atoms with E-state index in [1.807, 2.05) is 6.07 Å². The maximum atomic E-state index is 10.8. The van der Waals surface area contributed by atoms with E-state index in [0.717, 1.165) is 31.7 Å². The SMILES string of the molecule is CCNCCNCc1ccc(=O)[nH]c1. The molecule has 0 saturated carbocycles. The highest BCUT2D eigenvalue weighted by molar-refractivity contribution is 5.07. The van der Waals surface area contributed by atoms with Crippen molar-refractivity contribution in [1.29, 1.82) is 0 Å². The number of H-pyrrole nitrogens is 1. The molecule has 0 radical (unpaired) electrons. The molecule has 0 aliphatic rings. The lowest BCUT2D eigenvalue weighted by Gasteiger charge is -2.04. The van der Waals surface area contributed by atoms with E-state index in [-0.39, 0.29) is 5.56 Å². The van der Waals surface area contributed by atoms with Crippen molar-refractivity contribution in [2.45, 2.75) is 13.5 Å². The van der Waals surface area contributed by atoms with Crippen LogP contribution in [0.5, 0.6) is 0 Å². The highest BCUT2D eigenvalue weighted by Crippen LogP contribution is 1.90. The molecule has 0 amide bonds. The van der Waals surface area contributed by atoms with E-state index in [9.17, 15) is 4.79 Å². The Balaban J connectivity index is 2.18. The lowest BCUT2D eigenvalue weighted by Crippen LogP contribution is -2.26. The summed E-state index contributed by atoms with van der Waals surface area (Å²) in [7, 11) is 0. The predicted molar refractivity (Wildman–Crippen MR) is 57.3 cm³/mol. The molecule has 0 spiro atoms. The highest BCUT2D eigenvalue weighted by Gasteiger charge is 1.91. The molecule has 0 aliphatic heterocycles. The number of rotatable bonds is 6. The molecule has 0 fully saturated rings.